The highest BCUT2D eigenvalue weighted by Crippen LogP contribution is 2.29. The molecule has 1 N–H and O–H groups in total. The molecule has 26 heavy (non-hydrogen) atoms. The standard InChI is InChI=1S/C17H12BrF2NO4S/c1-9-13-6-5-10(18)7-14(13)25-15(9)16(22)21-11-3-2-4-12(8-11)26(23,24)17(19)20/h2-8,17H,1H3,(H,21,22). The first-order valence-corrected chi connectivity index (χ1v) is 9.66. The number of benzene rings is 2. The number of sulfone groups is 1. The molecule has 0 aliphatic carbocycles. The molecule has 0 saturated heterocycles. The normalized spacial score (nSPS) is 11.9. The van der Waals surface area contributed by atoms with Gasteiger partial charge >= 0.3 is 5.76 Å². The maximum atomic E-state index is 12.7. The number of carbonyl (C=O) groups is 1. The summed E-state index contributed by atoms with van der Waals surface area (Å²) in [4.78, 5) is 11.9. The predicted octanol–water partition coefficient (Wildman–Crippen LogP) is 4.75. The van der Waals surface area contributed by atoms with Crippen LogP contribution < -0.4 is 5.32 Å². The van der Waals surface area contributed by atoms with Crippen LogP contribution in [0.4, 0.5) is 14.5 Å². The molecule has 3 rings (SSSR count). The summed E-state index contributed by atoms with van der Waals surface area (Å²) in [6, 6.07) is 10.0. The second kappa shape index (κ2) is 6.81. The third kappa shape index (κ3) is 3.36. The lowest BCUT2D eigenvalue weighted by Crippen LogP contribution is -2.14. The van der Waals surface area contributed by atoms with E-state index in [9.17, 15) is 22.0 Å². The Morgan fingerprint density at radius 3 is 2.62 bits per heavy atom. The fourth-order valence-corrected chi connectivity index (χ4v) is 3.56. The lowest BCUT2D eigenvalue weighted by molar-refractivity contribution is 0.0998. The number of fused-ring (bicyclic) bond motifs is 1. The molecule has 0 saturated carbocycles. The molecule has 0 aliphatic heterocycles. The van der Waals surface area contributed by atoms with E-state index in [0.717, 1.165) is 22.0 Å². The smallest absolute Gasteiger partial charge is 0.341 e. The first-order chi connectivity index (χ1) is 12.2. The molecule has 0 radical (unpaired) electrons. The lowest BCUT2D eigenvalue weighted by atomic mass is 10.1. The molecule has 5 nitrogen and oxygen atoms in total. The Kier molecular flexibility index (Phi) is 4.85. The predicted molar refractivity (Wildman–Crippen MR) is 96.2 cm³/mol. The van der Waals surface area contributed by atoms with Gasteiger partial charge in [-0.1, -0.05) is 22.0 Å². The molecule has 0 bridgehead atoms. The average molecular weight is 444 g/mol. The summed E-state index contributed by atoms with van der Waals surface area (Å²) in [6.45, 7) is 1.71. The van der Waals surface area contributed by atoms with Gasteiger partial charge in [-0.3, -0.25) is 4.79 Å². The van der Waals surface area contributed by atoms with Gasteiger partial charge < -0.3 is 9.73 Å². The Morgan fingerprint density at radius 2 is 1.92 bits per heavy atom. The fraction of sp³-hybridized carbons (Fsp3) is 0.118. The molecule has 1 amide bonds. The molecular weight excluding hydrogens is 432 g/mol. The molecule has 0 atom stereocenters. The zero-order chi connectivity index (χ0) is 19.1. The van der Waals surface area contributed by atoms with E-state index in [-0.39, 0.29) is 11.4 Å². The maximum absolute atomic E-state index is 12.7. The quantitative estimate of drug-likeness (QED) is 0.630. The number of halogens is 3. The van der Waals surface area contributed by atoms with E-state index in [2.05, 4.69) is 21.2 Å². The zero-order valence-electron chi connectivity index (χ0n) is 13.3. The van der Waals surface area contributed by atoms with Crippen LogP contribution in [0.2, 0.25) is 0 Å². The number of alkyl halides is 2. The highest BCUT2D eigenvalue weighted by molar-refractivity contribution is 9.10. The van der Waals surface area contributed by atoms with E-state index in [0.29, 0.717) is 11.1 Å². The molecule has 0 unspecified atom stereocenters. The number of nitrogens with one attached hydrogen (secondary N) is 1. The van der Waals surface area contributed by atoms with Crippen LogP contribution in [0, 0.1) is 6.92 Å². The Morgan fingerprint density at radius 1 is 1.19 bits per heavy atom. The van der Waals surface area contributed by atoms with E-state index in [4.69, 9.17) is 4.42 Å². The summed E-state index contributed by atoms with van der Waals surface area (Å²) in [6.07, 6.45) is 0. The highest BCUT2D eigenvalue weighted by Gasteiger charge is 2.27. The van der Waals surface area contributed by atoms with Gasteiger partial charge in [0, 0.05) is 21.1 Å². The molecule has 2 aromatic carbocycles. The van der Waals surface area contributed by atoms with Crippen LogP contribution in [0.15, 0.2) is 56.2 Å². The fourth-order valence-electron chi connectivity index (χ4n) is 2.46. The van der Waals surface area contributed by atoms with E-state index >= 15 is 0 Å². The number of amides is 1. The Labute approximate surface area is 156 Å². The summed E-state index contributed by atoms with van der Waals surface area (Å²) in [5, 5.41) is 3.23. The van der Waals surface area contributed by atoms with Gasteiger partial charge in [-0.05, 0) is 43.3 Å². The van der Waals surface area contributed by atoms with Gasteiger partial charge in [-0.15, -0.1) is 0 Å². The molecule has 1 aromatic heterocycles. The molecule has 0 fully saturated rings. The van der Waals surface area contributed by atoms with Crippen LogP contribution in [0.1, 0.15) is 16.1 Å². The van der Waals surface area contributed by atoms with E-state index < -0.39 is 26.4 Å². The number of furan rings is 1. The summed E-state index contributed by atoms with van der Waals surface area (Å²) >= 11 is 3.32. The third-order valence-corrected chi connectivity index (χ3v) is 5.63. The van der Waals surface area contributed by atoms with Crippen LogP contribution >= 0.6 is 15.9 Å². The molecular formula is C17H12BrF2NO4S. The molecule has 9 heteroatoms. The van der Waals surface area contributed by atoms with Gasteiger partial charge in [0.2, 0.25) is 9.84 Å². The van der Waals surface area contributed by atoms with Crippen LogP contribution in [-0.4, -0.2) is 20.1 Å². The van der Waals surface area contributed by atoms with Gasteiger partial charge in [0.25, 0.3) is 5.91 Å². The number of aryl methyl sites for hydroxylation is 1. The second-order valence-corrected chi connectivity index (χ2v) is 8.32. The van der Waals surface area contributed by atoms with Crippen molar-refractivity contribution < 1.29 is 26.4 Å². The maximum Gasteiger partial charge on any atom is 0.341 e. The topological polar surface area (TPSA) is 76.4 Å². The minimum Gasteiger partial charge on any atom is -0.451 e. The summed E-state index contributed by atoms with van der Waals surface area (Å²) in [5.74, 6) is -4.09. The summed E-state index contributed by atoms with van der Waals surface area (Å²) in [7, 11) is -4.75. The van der Waals surface area contributed by atoms with E-state index in [1.54, 1.807) is 19.1 Å². The average Bonchev–Trinajstić information content (AvgIpc) is 2.91. The summed E-state index contributed by atoms with van der Waals surface area (Å²) in [5.41, 5.74) is 1.19. The highest BCUT2D eigenvalue weighted by atomic mass is 79.9. The SMILES string of the molecule is Cc1c(C(=O)Nc2cccc(S(=O)(=O)C(F)F)c2)oc2cc(Br)ccc12. The first-order valence-electron chi connectivity index (χ1n) is 7.32. The largest absolute Gasteiger partial charge is 0.451 e. The number of carbonyl (C=O) groups excluding carboxylic acids is 1. The van der Waals surface area contributed by atoms with Crippen molar-refractivity contribution in [3.63, 3.8) is 0 Å². The Balaban J connectivity index is 1.93. The van der Waals surface area contributed by atoms with Gasteiger partial charge in [0.1, 0.15) is 5.58 Å². The van der Waals surface area contributed by atoms with Crippen molar-refractivity contribution >= 4 is 48.3 Å². The lowest BCUT2D eigenvalue weighted by Gasteiger charge is -2.07. The van der Waals surface area contributed by atoms with Crippen molar-refractivity contribution in [2.45, 2.75) is 17.6 Å². The number of hydrogen-bond acceptors (Lipinski definition) is 4. The van der Waals surface area contributed by atoms with Gasteiger partial charge in [0.15, 0.2) is 5.76 Å². The van der Waals surface area contributed by atoms with E-state index in [1.165, 1.54) is 12.1 Å². The minimum absolute atomic E-state index is 0.0558. The van der Waals surface area contributed by atoms with Crippen LogP contribution in [-0.2, 0) is 9.84 Å². The van der Waals surface area contributed by atoms with Crippen molar-refractivity contribution in [3.8, 4) is 0 Å². The molecule has 0 aliphatic rings. The van der Waals surface area contributed by atoms with Crippen molar-refractivity contribution in [1.29, 1.82) is 0 Å². The van der Waals surface area contributed by atoms with Gasteiger partial charge in [-0.2, -0.15) is 8.78 Å². The van der Waals surface area contributed by atoms with Crippen molar-refractivity contribution in [3.05, 3.63) is 58.3 Å². The molecule has 0 spiro atoms. The Bertz CT molecular complexity index is 1110. The van der Waals surface area contributed by atoms with Crippen molar-refractivity contribution in [2.75, 3.05) is 5.32 Å². The van der Waals surface area contributed by atoms with Crippen LogP contribution in [0.5, 0.6) is 0 Å². The molecule has 1 heterocycles. The second-order valence-electron chi connectivity index (χ2n) is 5.48. The Hall–Kier alpha value is -2.26. The van der Waals surface area contributed by atoms with Gasteiger partial charge in [-0.25, -0.2) is 8.42 Å². The molecule has 136 valence electrons. The van der Waals surface area contributed by atoms with Crippen molar-refractivity contribution in [1.82, 2.24) is 0 Å². The zero-order valence-corrected chi connectivity index (χ0v) is 15.7. The van der Waals surface area contributed by atoms with Gasteiger partial charge in [0.05, 0.1) is 4.90 Å². The number of anilines is 1. The molecule has 3 aromatic rings. The summed E-state index contributed by atoms with van der Waals surface area (Å²) < 4.78 is 54.8. The van der Waals surface area contributed by atoms with Crippen LogP contribution in [0.25, 0.3) is 11.0 Å². The third-order valence-electron chi connectivity index (χ3n) is 3.76. The first kappa shape index (κ1) is 18.5. The van der Waals surface area contributed by atoms with Crippen molar-refractivity contribution in [2.24, 2.45) is 0 Å². The van der Waals surface area contributed by atoms with Crippen LogP contribution in [0.3, 0.4) is 0 Å². The number of hydrogen-bond donors (Lipinski definition) is 1. The monoisotopic (exact) mass is 443 g/mol. The minimum atomic E-state index is -4.75. The number of rotatable bonds is 4. The van der Waals surface area contributed by atoms with E-state index in [1.807, 2.05) is 6.07 Å².